The maximum absolute atomic E-state index is 13.0. The van der Waals surface area contributed by atoms with Crippen molar-refractivity contribution in [1.82, 2.24) is 29.9 Å². The van der Waals surface area contributed by atoms with E-state index in [2.05, 4.69) is 37.6 Å². The number of anilines is 1. The van der Waals surface area contributed by atoms with Crippen LogP contribution in [0.4, 0.5) is 9.93 Å². The lowest BCUT2D eigenvalue weighted by Gasteiger charge is -2.32. The molecule has 41 heavy (non-hydrogen) atoms. The third-order valence-corrected chi connectivity index (χ3v) is 9.98. The smallest absolute Gasteiger partial charge is 0.304 e. The topological polar surface area (TPSA) is 130 Å². The molecule has 3 amide bonds. The molecule has 1 saturated heterocycles. The Kier molecular flexibility index (Phi) is 8.71. The van der Waals surface area contributed by atoms with Crippen molar-refractivity contribution in [1.29, 1.82) is 0 Å². The van der Waals surface area contributed by atoms with Crippen LogP contribution in [0.3, 0.4) is 0 Å². The van der Waals surface area contributed by atoms with Crippen molar-refractivity contribution in [2.24, 2.45) is 0 Å². The lowest BCUT2D eigenvalue weighted by atomic mass is 10.2. The van der Waals surface area contributed by atoms with Crippen molar-refractivity contribution in [3.63, 3.8) is 0 Å². The fourth-order valence-corrected chi connectivity index (χ4v) is 7.07. The number of halogens is 1. The van der Waals surface area contributed by atoms with Crippen LogP contribution >= 0.6 is 22.9 Å². The van der Waals surface area contributed by atoms with Gasteiger partial charge in [-0.2, -0.15) is 5.10 Å². The molecule has 0 bridgehead atoms. The number of nitrogens with one attached hydrogen (secondary N) is 2. The van der Waals surface area contributed by atoms with E-state index in [0.29, 0.717) is 22.3 Å². The van der Waals surface area contributed by atoms with E-state index in [1.165, 1.54) is 6.07 Å². The summed E-state index contributed by atoms with van der Waals surface area (Å²) in [5.74, 6) is -0.631. The lowest BCUT2D eigenvalue weighted by Crippen LogP contribution is -2.44. The third-order valence-electron chi connectivity index (χ3n) is 6.92. The molecule has 0 aliphatic carbocycles. The van der Waals surface area contributed by atoms with Crippen LogP contribution in [0.15, 0.2) is 53.6 Å². The number of carbonyl (C=O) groups is 2. The SMILES string of the molecule is Cc1ccnn1-c1ccc(Cl)c(C(=O)NC(=O)Nc2nc3ccc(S(=O)(=O)CCCN4CCN(C)CC4)cc3s2)c1. The summed E-state index contributed by atoms with van der Waals surface area (Å²) in [4.78, 5) is 34.6. The van der Waals surface area contributed by atoms with Gasteiger partial charge in [0.2, 0.25) is 0 Å². The predicted molar refractivity (Wildman–Crippen MR) is 160 cm³/mol. The summed E-state index contributed by atoms with van der Waals surface area (Å²) in [6, 6.07) is 10.6. The Morgan fingerprint density at radius 1 is 1.07 bits per heavy atom. The van der Waals surface area contributed by atoms with Crippen LogP contribution in [-0.2, 0) is 9.84 Å². The number of thiazole rings is 1. The van der Waals surface area contributed by atoms with Gasteiger partial charge in [-0.05, 0) is 69.4 Å². The number of piperazine rings is 1. The molecule has 3 heterocycles. The number of imide groups is 1. The first-order chi connectivity index (χ1) is 19.6. The van der Waals surface area contributed by atoms with Gasteiger partial charge in [0, 0.05) is 38.1 Å². The number of benzene rings is 2. The van der Waals surface area contributed by atoms with Gasteiger partial charge in [-0.1, -0.05) is 22.9 Å². The summed E-state index contributed by atoms with van der Waals surface area (Å²) >= 11 is 7.35. The number of nitrogens with zero attached hydrogens (tertiary/aromatic N) is 5. The minimum atomic E-state index is -3.47. The fourth-order valence-electron chi connectivity index (χ4n) is 4.58. The highest BCUT2D eigenvalue weighted by atomic mass is 35.5. The van der Waals surface area contributed by atoms with Gasteiger partial charge < -0.3 is 9.80 Å². The maximum atomic E-state index is 13.0. The van der Waals surface area contributed by atoms with Crippen LogP contribution in [0.2, 0.25) is 5.02 Å². The summed E-state index contributed by atoms with van der Waals surface area (Å²) in [5.41, 5.74) is 2.15. The van der Waals surface area contributed by atoms with E-state index in [0.717, 1.165) is 49.8 Å². The average Bonchev–Trinajstić information content (AvgIpc) is 3.54. The second-order valence-corrected chi connectivity index (χ2v) is 13.5. The number of sulfone groups is 1. The molecule has 0 unspecified atom stereocenters. The quantitative estimate of drug-likeness (QED) is 0.306. The molecule has 0 atom stereocenters. The molecule has 1 aliphatic heterocycles. The van der Waals surface area contributed by atoms with E-state index in [-0.39, 0.29) is 26.4 Å². The van der Waals surface area contributed by atoms with E-state index < -0.39 is 21.8 Å². The van der Waals surface area contributed by atoms with Gasteiger partial charge in [-0.15, -0.1) is 0 Å². The number of hydrogen-bond acceptors (Lipinski definition) is 9. The number of fused-ring (bicyclic) bond motifs is 1. The molecule has 0 saturated carbocycles. The highest BCUT2D eigenvalue weighted by Crippen LogP contribution is 2.29. The Morgan fingerprint density at radius 3 is 2.59 bits per heavy atom. The number of hydrogen-bond donors (Lipinski definition) is 2. The maximum Gasteiger partial charge on any atom is 0.327 e. The number of amides is 3. The van der Waals surface area contributed by atoms with Crippen LogP contribution in [0.1, 0.15) is 22.5 Å². The zero-order valence-electron chi connectivity index (χ0n) is 22.6. The van der Waals surface area contributed by atoms with E-state index in [1.807, 2.05) is 13.0 Å². The predicted octanol–water partition coefficient (Wildman–Crippen LogP) is 3.82. The molecule has 1 fully saturated rings. The molecule has 4 aromatic rings. The zero-order valence-corrected chi connectivity index (χ0v) is 25.0. The standard InChI is InChI=1S/C27H30ClN7O4S2/c1-18-8-9-29-35(18)19-4-6-22(28)21(16-19)25(36)31-26(37)32-27-30-23-7-5-20(17-24(23)40-27)41(38,39)15-3-10-34-13-11-33(2)12-14-34/h4-9,16-17H,3,10-15H2,1-2H3,(H2,30,31,32,36,37). The Hall–Kier alpha value is -3.36. The fraction of sp³-hybridized carbons (Fsp3) is 0.333. The Labute approximate surface area is 247 Å². The number of aryl methyl sites for hydroxylation is 1. The second-order valence-electron chi connectivity index (χ2n) is 9.92. The molecule has 0 spiro atoms. The summed E-state index contributed by atoms with van der Waals surface area (Å²) in [6.45, 7) is 6.50. The van der Waals surface area contributed by atoms with E-state index >= 15 is 0 Å². The highest BCUT2D eigenvalue weighted by molar-refractivity contribution is 7.91. The minimum Gasteiger partial charge on any atom is -0.304 e. The molecule has 2 N–H and O–H groups in total. The molecule has 2 aromatic heterocycles. The number of rotatable bonds is 8. The normalized spacial score (nSPS) is 14.8. The number of urea groups is 1. The number of carbonyl (C=O) groups excluding carboxylic acids is 2. The van der Waals surface area contributed by atoms with Gasteiger partial charge in [-0.3, -0.25) is 15.4 Å². The van der Waals surface area contributed by atoms with Crippen LogP contribution < -0.4 is 10.6 Å². The van der Waals surface area contributed by atoms with Gasteiger partial charge in [0.1, 0.15) is 0 Å². The molecule has 14 heteroatoms. The Balaban J connectivity index is 1.21. The second kappa shape index (κ2) is 12.2. The number of likely N-dealkylation sites (N-methyl/N-ethyl adjacent to an activating group) is 1. The first-order valence-corrected chi connectivity index (χ1v) is 15.9. The van der Waals surface area contributed by atoms with Gasteiger partial charge in [-0.25, -0.2) is 22.9 Å². The van der Waals surface area contributed by atoms with Crippen molar-refractivity contribution in [2.75, 3.05) is 50.8 Å². The van der Waals surface area contributed by atoms with Crippen LogP contribution in [0.5, 0.6) is 0 Å². The molecule has 5 rings (SSSR count). The minimum absolute atomic E-state index is 0.0585. The van der Waals surface area contributed by atoms with Gasteiger partial charge in [0.15, 0.2) is 15.0 Å². The van der Waals surface area contributed by atoms with E-state index in [4.69, 9.17) is 11.6 Å². The summed E-state index contributed by atoms with van der Waals surface area (Å²) in [6.07, 6.45) is 2.20. The van der Waals surface area contributed by atoms with Crippen molar-refractivity contribution in [3.05, 3.63) is 64.9 Å². The molecule has 0 radical (unpaired) electrons. The monoisotopic (exact) mass is 615 g/mol. The molecular formula is C27H30ClN7O4S2. The van der Waals surface area contributed by atoms with Crippen LogP contribution in [-0.4, -0.2) is 90.4 Å². The van der Waals surface area contributed by atoms with E-state index in [1.54, 1.807) is 41.2 Å². The number of aromatic nitrogens is 3. The molecule has 11 nitrogen and oxygen atoms in total. The first-order valence-electron chi connectivity index (χ1n) is 13.1. The summed E-state index contributed by atoms with van der Waals surface area (Å²) < 4.78 is 28.2. The Morgan fingerprint density at radius 2 is 1.85 bits per heavy atom. The van der Waals surface area contributed by atoms with Crippen LogP contribution in [0.25, 0.3) is 15.9 Å². The summed E-state index contributed by atoms with van der Waals surface area (Å²) in [7, 11) is -1.38. The van der Waals surface area contributed by atoms with Crippen molar-refractivity contribution in [2.45, 2.75) is 18.2 Å². The average molecular weight is 616 g/mol. The van der Waals surface area contributed by atoms with Gasteiger partial charge in [0.25, 0.3) is 5.91 Å². The van der Waals surface area contributed by atoms with Crippen molar-refractivity contribution >= 4 is 60.1 Å². The molecule has 1 aliphatic rings. The summed E-state index contributed by atoms with van der Waals surface area (Å²) in [5, 5.41) is 9.45. The highest BCUT2D eigenvalue weighted by Gasteiger charge is 2.20. The molecule has 216 valence electrons. The van der Waals surface area contributed by atoms with Crippen LogP contribution in [0, 0.1) is 6.92 Å². The van der Waals surface area contributed by atoms with Gasteiger partial charge >= 0.3 is 6.03 Å². The lowest BCUT2D eigenvalue weighted by molar-refractivity contribution is 0.0967. The largest absolute Gasteiger partial charge is 0.327 e. The van der Waals surface area contributed by atoms with Gasteiger partial charge in [0.05, 0.1) is 37.1 Å². The van der Waals surface area contributed by atoms with Crippen molar-refractivity contribution < 1.29 is 18.0 Å². The first kappa shape index (κ1) is 29.1. The molecule has 2 aromatic carbocycles. The van der Waals surface area contributed by atoms with Crippen molar-refractivity contribution in [3.8, 4) is 5.69 Å². The Bertz CT molecular complexity index is 1690. The third kappa shape index (κ3) is 6.93. The van der Waals surface area contributed by atoms with E-state index in [9.17, 15) is 18.0 Å². The molecular weight excluding hydrogens is 586 g/mol. The zero-order chi connectivity index (χ0) is 29.1.